The van der Waals surface area contributed by atoms with Crippen molar-refractivity contribution in [2.45, 2.75) is 26.2 Å². The molecule has 0 fully saturated rings. The summed E-state index contributed by atoms with van der Waals surface area (Å²) in [6.07, 6.45) is 4.71. The molecule has 3 aromatic rings. The smallest absolute Gasteiger partial charge is 0.143 e. The number of phenolic OH excluding ortho intramolecular Hbond substituents is 1. The molecular formula is C18H19N3O. The molecule has 4 heteroatoms. The van der Waals surface area contributed by atoms with Crippen LogP contribution in [0.5, 0.6) is 5.75 Å². The van der Waals surface area contributed by atoms with E-state index in [1.54, 1.807) is 12.3 Å². The van der Waals surface area contributed by atoms with Gasteiger partial charge in [-0.25, -0.2) is 0 Å². The van der Waals surface area contributed by atoms with Gasteiger partial charge in [0, 0.05) is 0 Å². The summed E-state index contributed by atoms with van der Waals surface area (Å²) in [5.74, 6) is 0.192. The van der Waals surface area contributed by atoms with E-state index in [4.69, 9.17) is 0 Å². The second-order valence-corrected chi connectivity index (χ2v) is 5.46. The summed E-state index contributed by atoms with van der Waals surface area (Å²) in [4.78, 5) is 1.50. The van der Waals surface area contributed by atoms with E-state index in [0.717, 1.165) is 30.5 Å². The van der Waals surface area contributed by atoms with Gasteiger partial charge in [-0.15, -0.1) is 4.80 Å². The molecule has 1 aromatic heterocycles. The Morgan fingerprint density at radius 2 is 1.86 bits per heavy atom. The van der Waals surface area contributed by atoms with Crippen LogP contribution in [0.15, 0.2) is 54.7 Å². The molecule has 112 valence electrons. The van der Waals surface area contributed by atoms with Crippen molar-refractivity contribution in [3.63, 3.8) is 0 Å². The van der Waals surface area contributed by atoms with E-state index < -0.39 is 0 Å². The highest BCUT2D eigenvalue weighted by molar-refractivity contribution is 5.46. The van der Waals surface area contributed by atoms with E-state index >= 15 is 0 Å². The minimum Gasteiger partial charge on any atom is -0.506 e. The molecular weight excluding hydrogens is 274 g/mol. The Balaban J connectivity index is 1.65. The van der Waals surface area contributed by atoms with E-state index in [0.29, 0.717) is 5.69 Å². The lowest BCUT2D eigenvalue weighted by Crippen LogP contribution is -2.00. The van der Waals surface area contributed by atoms with Gasteiger partial charge in [0.2, 0.25) is 0 Å². The number of rotatable bonds is 5. The zero-order chi connectivity index (χ0) is 15.4. The van der Waals surface area contributed by atoms with E-state index in [1.165, 1.54) is 10.4 Å². The monoisotopic (exact) mass is 293 g/mol. The minimum absolute atomic E-state index is 0.192. The molecule has 0 saturated heterocycles. The van der Waals surface area contributed by atoms with Gasteiger partial charge in [-0.3, -0.25) is 0 Å². The fourth-order valence-electron chi connectivity index (χ4n) is 2.44. The highest BCUT2D eigenvalue weighted by Crippen LogP contribution is 2.21. The van der Waals surface area contributed by atoms with Crippen molar-refractivity contribution in [2.75, 3.05) is 0 Å². The molecule has 0 saturated carbocycles. The van der Waals surface area contributed by atoms with E-state index in [9.17, 15) is 5.11 Å². The number of aromatic nitrogens is 3. The molecule has 22 heavy (non-hydrogen) atoms. The number of benzene rings is 2. The molecule has 3 rings (SSSR count). The molecule has 0 unspecified atom stereocenters. The highest BCUT2D eigenvalue weighted by Gasteiger charge is 2.08. The lowest BCUT2D eigenvalue weighted by atomic mass is 10.1. The van der Waals surface area contributed by atoms with Gasteiger partial charge in [-0.2, -0.15) is 10.2 Å². The number of hydrogen-bond acceptors (Lipinski definition) is 3. The highest BCUT2D eigenvalue weighted by atomic mass is 16.3. The predicted octanol–water partition coefficient (Wildman–Crippen LogP) is 3.46. The van der Waals surface area contributed by atoms with Crippen LogP contribution in [0.3, 0.4) is 0 Å². The molecule has 0 atom stereocenters. The molecule has 0 amide bonds. The molecule has 0 spiro atoms. The van der Waals surface area contributed by atoms with Gasteiger partial charge in [-0.05, 0) is 49.4 Å². The van der Waals surface area contributed by atoms with E-state index in [-0.39, 0.29) is 5.75 Å². The molecule has 0 aliphatic heterocycles. The van der Waals surface area contributed by atoms with Crippen LogP contribution < -0.4 is 0 Å². The third kappa shape index (κ3) is 3.34. The van der Waals surface area contributed by atoms with Crippen LogP contribution in [0.1, 0.15) is 23.2 Å². The third-order valence-corrected chi connectivity index (χ3v) is 3.63. The number of nitrogens with zero attached hydrogens (tertiary/aromatic N) is 3. The normalized spacial score (nSPS) is 10.8. The molecule has 0 bridgehead atoms. The Hall–Kier alpha value is -2.62. The summed E-state index contributed by atoms with van der Waals surface area (Å²) >= 11 is 0. The maximum atomic E-state index is 9.92. The summed E-state index contributed by atoms with van der Waals surface area (Å²) in [5.41, 5.74) is 3.97. The minimum atomic E-state index is 0.192. The average molecular weight is 293 g/mol. The Labute approximate surface area is 130 Å². The summed E-state index contributed by atoms with van der Waals surface area (Å²) in [6.45, 7) is 1.98. The number of phenols is 1. The quantitative estimate of drug-likeness (QED) is 0.784. The van der Waals surface area contributed by atoms with Gasteiger partial charge in [0.05, 0.1) is 11.9 Å². The van der Waals surface area contributed by atoms with Crippen LogP contribution in [0.4, 0.5) is 0 Å². The SMILES string of the molecule is Cc1ccc(O)c(-n2ncc(CCCc3ccccc3)n2)c1. The first-order valence-electron chi connectivity index (χ1n) is 7.47. The topological polar surface area (TPSA) is 50.9 Å². The molecule has 1 heterocycles. The molecule has 0 aliphatic carbocycles. The van der Waals surface area contributed by atoms with Gasteiger partial charge in [0.15, 0.2) is 0 Å². The van der Waals surface area contributed by atoms with Crippen LogP contribution >= 0.6 is 0 Å². The van der Waals surface area contributed by atoms with Crippen LogP contribution in [0.2, 0.25) is 0 Å². The van der Waals surface area contributed by atoms with Crippen molar-refractivity contribution >= 4 is 0 Å². The lowest BCUT2D eigenvalue weighted by Gasteiger charge is -2.04. The van der Waals surface area contributed by atoms with Crippen LogP contribution in [-0.4, -0.2) is 20.1 Å². The number of hydrogen-bond donors (Lipinski definition) is 1. The zero-order valence-electron chi connectivity index (χ0n) is 12.6. The molecule has 2 aromatic carbocycles. The van der Waals surface area contributed by atoms with Crippen molar-refractivity contribution < 1.29 is 5.11 Å². The standard InChI is InChI=1S/C18H19N3O/c1-14-10-11-18(22)17(12-14)21-19-13-16(20-21)9-5-8-15-6-3-2-4-7-15/h2-4,6-7,10-13,22H,5,8-9H2,1H3. The fourth-order valence-corrected chi connectivity index (χ4v) is 2.44. The lowest BCUT2D eigenvalue weighted by molar-refractivity contribution is 0.467. The number of aryl methyl sites for hydroxylation is 3. The zero-order valence-corrected chi connectivity index (χ0v) is 12.6. The van der Waals surface area contributed by atoms with E-state index in [2.05, 4.69) is 34.5 Å². The Bertz CT molecular complexity index is 750. The van der Waals surface area contributed by atoms with Gasteiger partial charge in [0.25, 0.3) is 0 Å². The molecule has 4 nitrogen and oxygen atoms in total. The first-order chi connectivity index (χ1) is 10.7. The molecule has 0 aliphatic rings. The summed E-state index contributed by atoms with van der Waals surface area (Å²) < 4.78 is 0. The van der Waals surface area contributed by atoms with Crippen LogP contribution in [0.25, 0.3) is 5.69 Å². The first kappa shape index (κ1) is 14.3. The van der Waals surface area contributed by atoms with Crippen molar-refractivity contribution in [2.24, 2.45) is 0 Å². The Morgan fingerprint density at radius 1 is 1.05 bits per heavy atom. The Kier molecular flexibility index (Phi) is 4.19. The molecule has 1 N–H and O–H groups in total. The average Bonchev–Trinajstić information content (AvgIpc) is 2.99. The first-order valence-corrected chi connectivity index (χ1v) is 7.47. The second-order valence-electron chi connectivity index (χ2n) is 5.46. The van der Waals surface area contributed by atoms with Gasteiger partial charge >= 0.3 is 0 Å². The summed E-state index contributed by atoms with van der Waals surface area (Å²) in [7, 11) is 0. The maximum Gasteiger partial charge on any atom is 0.143 e. The van der Waals surface area contributed by atoms with Crippen molar-refractivity contribution in [1.82, 2.24) is 15.0 Å². The molecule has 0 radical (unpaired) electrons. The number of aromatic hydroxyl groups is 1. The van der Waals surface area contributed by atoms with E-state index in [1.807, 2.05) is 25.1 Å². The van der Waals surface area contributed by atoms with Crippen molar-refractivity contribution in [3.8, 4) is 11.4 Å². The van der Waals surface area contributed by atoms with Gasteiger partial charge < -0.3 is 5.11 Å². The van der Waals surface area contributed by atoms with Crippen molar-refractivity contribution in [1.29, 1.82) is 0 Å². The van der Waals surface area contributed by atoms with Gasteiger partial charge in [-0.1, -0.05) is 36.4 Å². The second kappa shape index (κ2) is 6.43. The third-order valence-electron chi connectivity index (χ3n) is 3.63. The van der Waals surface area contributed by atoms with Crippen LogP contribution in [0, 0.1) is 6.92 Å². The summed E-state index contributed by atoms with van der Waals surface area (Å²) in [6, 6.07) is 15.8. The predicted molar refractivity (Wildman–Crippen MR) is 86.2 cm³/mol. The fraction of sp³-hybridized carbons (Fsp3) is 0.222. The Morgan fingerprint density at radius 3 is 2.68 bits per heavy atom. The summed E-state index contributed by atoms with van der Waals surface area (Å²) in [5, 5.41) is 18.6. The largest absolute Gasteiger partial charge is 0.506 e. The van der Waals surface area contributed by atoms with Gasteiger partial charge in [0.1, 0.15) is 11.4 Å². The maximum absolute atomic E-state index is 9.92. The van der Waals surface area contributed by atoms with Crippen LogP contribution in [-0.2, 0) is 12.8 Å². The van der Waals surface area contributed by atoms with Crippen molar-refractivity contribution in [3.05, 3.63) is 71.5 Å².